The van der Waals surface area contributed by atoms with E-state index in [9.17, 15) is 5.11 Å². The van der Waals surface area contributed by atoms with Gasteiger partial charge in [0, 0.05) is 6.61 Å². The monoisotopic (exact) mass is 318 g/mol. The van der Waals surface area contributed by atoms with E-state index in [1.54, 1.807) is 0 Å². The summed E-state index contributed by atoms with van der Waals surface area (Å²) in [7, 11) is 0. The van der Waals surface area contributed by atoms with Crippen LogP contribution in [0.4, 0.5) is 0 Å². The van der Waals surface area contributed by atoms with E-state index in [0.717, 1.165) is 29.6 Å². The van der Waals surface area contributed by atoms with Gasteiger partial charge in [0.1, 0.15) is 0 Å². The molecule has 0 aliphatic heterocycles. The van der Waals surface area contributed by atoms with E-state index in [1.807, 2.05) is 0 Å². The molecule has 0 aromatic carbocycles. The average Bonchev–Trinajstić information content (AvgIpc) is 2.90. The summed E-state index contributed by atoms with van der Waals surface area (Å²) in [5.41, 5.74) is 1.09. The Morgan fingerprint density at radius 3 is 2.43 bits per heavy atom. The number of fused-ring (bicyclic) bond motifs is 5. The summed E-state index contributed by atoms with van der Waals surface area (Å²) >= 11 is 0. The molecule has 1 nitrogen and oxygen atoms in total. The van der Waals surface area contributed by atoms with E-state index in [-0.39, 0.29) is 0 Å². The van der Waals surface area contributed by atoms with Crippen molar-refractivity contribution in [2.45, 2.75) is 85.0 Å². The van der Waals surface area contributed by atoms with Crippen molar-refractivity contribution in [3.63, 3.8) is 0 Å². The van der Waals surface area contributed by atoms with Crippen LogP contribution in [0.5, 0.6) is 0 Å². The Morgan fingerprint density at radius 1 is 0.870 bits per heavy atom. The molecule has 4 aliphatic carbocycles. The van der Waals surface area contributed by atoms with Crippen molar-refractivity contribution in [1.82, 2.24) is 0 Å². The molecular weight excluding hydrogens is 280 g/mol. The molecule has 4 saturated carbocycles. The number of hydrogen-bond donors (Lipinski definition) is 1. The maximum atomic E-state index is 10.1. The molecule has 0 bridgehead atoms. The van der Waals surface area contributed by atoms with Gasteiger partial charge >= 0.3 is 0 Å². The molecule has 0 saturated heterocycles. The highest BCUT2D eigenvalue weighted by molar-refractivity contribution is 5.10. The van der Waals surface area contributed by atoms with Crippen LogP contribution in [0.3, 0.4) is 0 Å². The summed E-state index contributed by atoms with van der Waals surface area (Å²) < 4.78 is 0. The van der Waals surface area contributed by atoms with Crippen LogP contribution in [0.1, 0.15) is 85.0 Å². The van der Waals surface area contributed by atoms with Gasteiger partial charge in [0.15, 0.2) is 0 Å². The van der Waals surface area contributed by atoms with E-state index >= 15 is 0 Å². The van der Waals surface area contributed by atoms with E-state index in [2.05, 4.69) is 20.8 Å². The topological polar surface area (TPSA) is 20.2 Å². The normalized spacial score (nSPS) is 55.8. The maximum Gasteiger partial charge on any atom is 0.0464 e. The molecule has 8 atom stereocenters. The van der Waals surface area contributed by atoms with Crippen LogP contribution in [-0.2, 0) is 0 Å². The molecule has 1 N–H and O–H groups in total. The lowest BCUT2D eigenvalue weighted by atomic mass is 9.42. The molecule has 0 heterocycles. The third kappa shape index (κ3) is 2.14. The van der Waals surface area contributed by atoms with Crippen molar-refractivity contribution >= 4 is 0 Å². The molecule has 4 aliphatic rings. The van der Waals surface area contributed by atoms with Crippen molar-refractivity contribution in [2.24, 2.45) is 46.3 Å². The van der Waals surface area contributed by atoms with Crippen LogP contribution in [0.2, 0.25) is 0 Å². The Kier molecular flexibility index (Phi) is 4.11. The van der Waals surface area contributed by atoms with E-state index in [0.29, 0.717) is 23.4 Å². The summed E-state index contributed by atoms with van der Waals surface area (Å²) in [6.07, 6.45) is 14.4. The van der Waals surface area contributed by atoms with E-state index in [1.165, 1.54) is 64.2 Å². The summed E-state index contributed by atoms with van der Waals surface area (Å²) in [5, 5.41) is 10.1. The fraction of sp³-hybridized carbons (Fsp3) is 1.00. The second-order valence-corrected chi connectivity index (χ2v) is 10.1. The van der Waals surface area contributed by atoms with Gasteiger partial charge in [-0.1, -0.05) is 33.6 Å². The molecule has 132 valence electrons. The fourth-order valence-electron chi connectivity index (χ4n) is 8.55. The maximum absolute atomic E-state index is 10.1. The van der Waals surface area contributed by atoms with Crippen molar-refractivity contribution in [1.29, 1.82) is 0 Å². The minimum atomic E-state index is 0.440. The molecule has 0 aromatic heterocycles. The van der Waals surface area contributed by atoms with Crippen LogP contribution in [-0.4, -0.2) is 11.7 Å². The lowest BCUT2D eigenvalue weighted by molar-refractivity contribution is -0.145. The Balaban J connectivity index is 1.65. The lowest BCUT2D eigenvalue weighted by Crippen LogP contribution is -2.56. The van der Waals surface area contributed by atoms with Gasteiger partial charge in [-0.3, -0.25) is 0 Å². The van der Waals surface area contributed by atoms with Crippen LogP contribution < -0.4 is 0 Å². The molecule has 0 amide bonds. The lowest BCUT2D eigenvalue weighted by Gasteiger charge is -2.62. The first-order valence-electron chi connectivity index (χ1n) is 10.7. The summed E-state index contributed by atoms with van der Waals surface area (Å²) in [4.78, 5) is 0. The van der Waals surface area contributed by atoms with Gasteiger partial charge in [0.05, 0.1) is 0 Å². The molecule has 1 heteroatoms. The predicted molar refractivity (Wildman–Crippen MR) is 96.1 cm³/mol. The molecule has 0 aromatic rings. The van der Waals surface area contributed by atoms with Crippen molar-refractivity contribution in [3.05, 3.63) is 0 Å². The quantitative estimate of drug-likeness (QED) is 0.696. The fourth-order valence-corrected chi connectivity index (χ4v) is 8.55. The SMILES string of the molecule is CC[C@H]1CC[C@H]2[C@@H]3CCC4CCCC(CO)[C@]4(C)[C@H]3CC[C@]12C. The first kappa shape index (κ1) is 16.4. The van der Waals surface area contributed by atoms with Gasteiger partial charge in [0.25, 0.3) is 0 Å². The Labute approximate surface area is 143 Å². The first-order chi connectivity index (χ1) is 11.1. The summed E-state index contributed by atoms with van der Waals surface area (Å²) in [5.74, 6) is 5.35. The number of rotatable bonds is 2. The van der Waals surface area contributed by atoms with Gasteiger partial charge in [-0.2, -0.15) is 0 Å². The summed E-state index contributed by atoms with van der Waals surface area (Å²) in [6, 6.07) is 0. The third-order valence-corrected chi connectivity index (χ3v) is 9.86. The van der Waals surface area contributed by atoms with Crippen molar-refractivity contribution < 1.29 is 5.11 Å². The van der Waals surface area contributed by atoms with E-state index in [4.69, 9.17) is 0 Å². The van der Waals surface area contributed by atoms with Crippen LogP contribution in [0, 0.1) is 46.3 Å². The molecule has 0 radical (unpaired) electrons. The summed E-state index contributed by atoms with van der Waals surface area (Å²) in [6.45, 7) is 8.11. The number of aliphatic hydroxyl groups excluding tert-OH is 1. The zero-order chi connectivity index (χ0) is 16.2. The third-order valence-electron chi connectivity index (χ3n) is 9.86. The van der Waals surface area contributed by atoms with Gasteiger partial charge in [-0.05, 0) is 97.7 Å². The Hall–Kier alpha value is -0.0400. The van der Waals surface area contributed by atoms with Gasteiger partial charge < -0.3 is 5.11 Å². The Morgan fingerprint density at radius 2 is 1.70 bits per heavy atom. The van der Waals surface area contributed by atoms with Crippen LogP contribution >= 0.6 is 0 Å². The van der Waals surface area contributed by atoms with Crippen molar-refractivity contribution in [3.8, 4) is 0 Å². The second kappa shape index (κ2) is 5.75. The predicted octanol–water partition coefficient (Wildman–Crippen LogP) is 5.66. The minimum Gasteiger partial charge on any atom is -0.396 e. The second-order valence-electron chi connectivity index (χ2n) is 10.1. The highest BCUT2D eigenvalue weighted by atomic mass is 16.3. The van der Waals surface area contributed by atoms with Crippen LogP contribution in [0.25, 0.3) is 0 Å². The highest BCUT2D eigenvalue weighted by Crippen LogP contribution is 2.68. The minimum absolute atomic E-state index is 0.440. The van der Waals surface area contributed by atoms with Gasteiger partial charge in [-0.25, -0.2) is 0 Å². The number of hydrogen-bond acceptors (Lipinski definition) is 1. The smallest absolute Gasteiger partial charge is 0.0464 e. The molecule has 2 unspecified atom stereocenters. The zero-order valence-electron chi connectivity index (χ0n) is 15.7. The number of aliphatic hydroxyl groups is 1. The molecule has 23 heavy (non-hydrogen) atoms. The largest absolute Gasteiger partial charge is 0.396 e. The standard InChI is InChI=1S/C22H38O/c1-4-15-9-11-19-18-10-8-16-6-5-7-17(14-23)22(16,3)20(18)12-13-21(15,19)2/h15-20,23H,4-14H2,1-3H3/t15-,16?,17?,18-,19-,20-,21+,22+/m0/s1. The average molecular weight is 319 g/mol. The van der Waals surface area contributed by atoms with Crippen molar-refractivity contribution in [2.75, 3.05) is 6.61 Å². The molecule has 4 fully saturated rings. The van der Waals surface area contributed by atoms with Crippen LogP contribution in [0.15, 0.2) is 0 Å². The highest BCUT2D eigenvalue weighted by Gasteiger charge is 2.61. The van der Waals surface area contributed by atoms with Gasteiger partial charge in [-0.15, -0.1) is 0 Å². The molecule has 0 spiro atoms. The molecular formula is C22H38O. The first-order valence-corrected chi connectivity index (χ1v) is 10.7. The van der Waals surface area contributed by atoms with Gasteiger partial charge in [0.2, 0.25) is 0 Å². The van der Waals surface area contributed by atoms with E-state index < -0.39 is 0 Å². The molecule has 4 rings (SSSR count). The Bertz CT molecular complexity index is 437. The zero-order valence-corrected chi connectivity index (χ0v) is 15.7.